The molecular weight excluding hydrogens is 337 g/mol. The van der Waals surface area contributed by atoms with Crippen molar-refractivity contribution >= 4 is 30.8 Å². The predicted octanol–water partition coefficient (Wildman–Crippen LogP) is 2.45. The van der Waals surface area contributed by atoms with Crippen LogP contribution in [0.5, 0.6) is 0 Å². The molecule has 1 aromatic heterocycles. The SMILES string of the molecule is Cl.Cl.NCc1nnc(NC2CCN(Cc3ccccc3)CC2)o1. The largest absolute Gasteiger partial charge is 0.407 e. The van der Waals surface area contributed by atoms with E-state index in [1.54, 1.807) is 0 Å². The first kappa shape index (κ1) is 19.7. The van der Waals surface area contributed by atoms with E-state index in [1.165, 1.54) is 5.56 Å². The summed E-state index contributed by atoms with van der Waals surface area (Å²) < 4.78 is 5.39. The van der Waals surface area contributed by atoms with Crippen molar-refractivity contribution in [1.82, 2.24) is 15.1 Å². The van der Waals surface area contributed by atoms with E-state index in [0.29, 0.717) is 17.9 Å². The maximum Gasteiger partial charge on any atom is 0.315 e. The molecule has 1 aliphatic heterocycles. The lowest BCUT2D eigenvalue weighted by Gasteiger charge is -2.31. The van der Waals surface area contributed by atoms with Gasteiger partial charge < -0.3 is 15.5 Å². The highest BCUT2D eigenvalue weighted by Crippen LogP contribution is 2.17. The molecule has 0 atom stereocenters. The molecule has 2 aromatic rings. The minimum Gasteiger partial charge on any atom is -0.407 e. The van der Waals surface area contributed by atoms with Gasteiger partial charge in [0.1, 0.15) is 0 Å². The van der Waals surface area contributed by atoms with Crippen molar-refractivity contribution < 1.29 is 4.42 Å². The Labute approximate surface area is 148 Å². The molecule has 0 unspecified atom stereocenters. The fourth-order valence-electron chi connectivity index (χ4n) is 2.65. The lowest BCUT2D eigenvalue weighted by Crippen LogP contribution is -2.38. The molecule has 0 bridgehead atoms. The summed E-state index contributed by atoms with van der Waals surface area (Å²) in [6.45, 7) is 3.45. The first-order chi connectivity index (χ1) is 10.3. The third-order valence-electron chi connectivity index (χ3n) is 3.81. The van der Waals surface area contributed by atoms with Crippen LogP contribution in [0.3, 0.4) is 0 Å². The van der Waals surface area contributed by atoms with Gasteiger partial charge in [0, 0.05) is 25.7 Å². The maximum absolute atomic E-state index is 5.46. The quantitative estimate of drug-likeness (QED) is 0.853. The van der Waals surface area contributed by atoms with Gasteiger partial charge in [-0.25, -0.2) is 0 Å². The van der Waals surface area contributed by atoms with Gasteiger partial charge in [-0.05, 0) is 18.4 Å². The molecule has 1 saturated heterocycles. The van der Waals surface area contributed by atoms with Crippen LogP contribution in [0.15, 0.2) is 34.7 Å². The number of nitrogens with two attached hydrogens (primary N) is 1. The van der Waals surface area contributed by atoms with Gasteiger partial charge in [0.05, 0.1) is 6.54 Å². The lowest BCUT2D eigenvalue weighted by molar-refractivity contribution is 0.210. The lowest BCUT2D eigenvalue weighted by atomic mass is 10.0. The minimum atomic E-state index is 0. The van der Waals surface area contributed by atoms with E-state index < -0.39 is 0 Å². The van der Waals surface area contributed by atoms with Gasteiger partial charge in [0.15, 0.2) is 0 Å². The van der Waals surface area contributed by atoms with Gasteiger partial charge >= 0.3 is 6.01 Å². The minimum absolute atomic E-state index is 0. The highest BCUT2D eigenvalue weighted by Gasteiger charge is 2.20. The Kier molecular flexibility index (Phi) is 8.33. The maximum atomic E-state index is 5.46. The molecular formula is C15H23Cl2N5O. The number of rotatable bonds is 5. The number of halogens is 2. The fraction of sp³-hybridized carbons (Fsp3) is 0.467. The van der Waals surface area contributed by atoms with Gasteiger partial charge in [0.2, 0.25) is 5.89 Å². The van der Waals surface area contributed by atoms with Gasteiger partial charge in [-0.3, -0.25) is 4.90 Å². The van der Waals surface area contributed by atoms with Crippen LogP contribution in [-0.4, -0.2) is 34.2 Å². The number of hydrogen-bond donors (Lipinski definition) is 2. The van der Waals surface area contributed by atoms with Crippen LogP contribution in [0.2, 0.25) is 0 Å². The van der Waals surface area contributed by atoms with E-state index in [0.717, 1.165) is 32.5 Å². The summed E-state index contributed by atoms with van der Waals surface area (Å²) in [5.41, 5.74) is 6.83. The summed E-state index contributed by atoms with van der Waals surface area (Å²) >= 11 is 0. The molecule has 6 nitrogen and oxygen atoms in total. The smallest absolute Gasteiger partial charge is 0.315 e. The zero-order valence-electron chi connectivity index (χ0n) is 12.9. The zero-order valence-corrected chi connectivity index (χ0v) is 14.5. The van der Waals surface area contributed by atoms with Gasteiger partial charge in [-0.15, -0.1) is 29.9 Å². The Morgan fingerprint density at radius 2 is 1.83 bits per heavy atom. The molecule has 128 valence electrons. The summed E-state index contributed by atoms with van der Waals surface area (Å²) in [4.78, 5) is 2.48. The summed E-state index contributed by atoms with van der Waals surface area (Å²) in [5.74, 6) is 0.471. The molecule has 0 radical (unpaired) electrons. The first-order valence-corrected chi connectivity index (χ1v) is 7.39. The van der Waals surface area contributed by atoms with Crippen molar-refractivity contribution in [2.75, 3.05) is 18.4 Å². The Balaban J connectivity index is 0.00000132. The number of nitrogens with zero attached hydrogens (tertiary/aromatic N) is 3. The molecule has 3 N–H and O–H groups in total. The summed E-state index contributed by atoms with van der Waals surface area (Å²) in [5, 5.41) is 11.1. The van der Waals surface area contributed by atoms with Crippen LogP contribution in [0.25, 0.3) is 0 Å². The number of nitrogens with one attached hydrogen (secondary N) is 1. The molecule has 0 spiro atoms. The Bertz CT molecular complexity index is 558. The third kappa shape index (κ3) is 5.66. The molecule has 3 rings (SSSR count). The van der Waals surface area contributed by atoms with Crippen molar-refractivity contribution in [3.63, 3.8) is 0 Å². The number of aromatic nitrogens is 2. The molecule has 1 aliphatic rings. The average molecular weight is 360 g/mol. The van der Waals surface area contributed by atoms with Crippen LogP contribution in [0.1, 0.15) is 24.3 Å². The highest BCUT2D eigenvalue weighted by atomic mass is 35.5. The Hall–Kier alpha value is -1.34. The number of benzene rings is 1. The number of piperidine rings is 1. The van der Waals surface area contributed by atoms with E-state index >= 15 is 0 Å². The third-order valence-corrected chi connectivity index (χ3v) is 3.81. The molecule has 2 heterocycles. The van der Waals surface area contributed by atoms with E-state index in [1.807, 2.05) is 0 Å². The second-order valence-electron chi connectivity index (χ2n) is 5.39. The van der Waals surface area contributed by atoms with Crippen molar-refractivity contribution in [2.45, 2.75) is 32.0 Å². The number of hydrogen-bond acceptors (Lipinski definition) is 6. The first-order valence-electron chi connectivity index (χ1n) is 7.39. The number of anilines is 1. The molecule has 23 heavy (non-hydrogen) atoms. The summed E-state index contributed by atoms with van der Waals surface area (Å²) in [6.07, 6.45) is 2.15. The number of likely N-dealkylation sites (tertiary alicyclic amines) is 1. The van der Waals surface area contributed by atoms with Crippen molar-refractivity contribution in [2.24, 2.45) is 5.73 Å². The van der Waals surface area contributed by atoms with Crippen LogP contribution in [0, 0.1) is 0 Å². The monoisotopic (exact) mass is 359 g/mol. The van der Waals surface area contributed by atoms with E-state index in [4.69, 9.17) is 10.2 Å². The topological polar surface area (TPSA) is 80.2 Å². The molecule has 1 fully saturated rings. The van der Waals surface area contributed by atoms with Crippen molar-refractivity contribution in [1.29, 1.82) is 0 Å². The molecule has 8 heteroatoms. The molecule has 0 amide bonds. The van der Waals surface area contributed by atoms with E-state index in [2.05, 4.69) is 50.7 Å². The molecule has 1 aromatic carbocycles. The van der Waals surface area contributed by atoms with Gasteiger partial charge in [-0.1, -0.05) is 35.4 Å². The van der Waals surface area contributed by atoms with Gasteiger partial charge in [0.25, 0.3) is 0 Å². The normalized spacial score (nSPS) is 15.5. The summed E-state index contributed by atoms with van der Waals surface area (Å²) in [6, 6.07) is 11.5. The van der Waals surface area contributed by atoms with Crippen LogP contribution < -0.4 is 11.1 Å². The standard InChI is InChI=1S/C15H21N5O.2ClH/c16-10-14-18-19-15(21-14)17-13-6-8-20(9-7-13)11-12-4-2-1-3-5-12;;/h1-5,13H,6-11,16H2,(H,17,19);2*1H. The molecule has 0 saturated carbocycles. The Morgan fingerprint density at radius 3 is 2.43 bits per heavy atom. The van der Waals surface area contributed by atoms with E-state index in [9.17, 15) is 0 Å². The zero-order chi connectivity index (χ0) is 14.5. The predicted molar refractivity (Wildman–Crippen MR) is 95.0 cm³/mol. The van der Waals surface area contributed by atoms with Crippen molar-refractivity contribution in [3.8, 4) is 0 Å². The summed E-state index contributed by atoms with van der Waals surface area (Å²) in [7, 11) is 0. The van der Waals surface area contributed by atoms with Gasteiger partial charge in [-0.2, -0.15) is 0 Å². The van der Waals surface area contributed by atoms with Crippen LogP contribution >= 0.6 is 24.8 Å². The Morgan fingerprint density at radius 1 is 1.13 bits per heavy atom. The highest BCUT2D eigenvalue weighted by molar-refractivity contribution is 5.85. The average Bonchev–Trinajstić information content (AvgIpc) is 2.98. The molecule has 0 aliphatic carbocycles. The van der Waals surface area contributed by atoms with E-state index in [-0.39, 0.29) is 31.4 Å². The fourth-order valence-corrected chi connectivity index (χ4v) is 2.65. The van der Waals surface area contributed by atoms with Crippen molar-refractivity contribution in [3.05, 3.63) is 41.8 Å². The van der Waals surface area contributed by atoms with Crippen LogP contribution in [0.4, 0.5) is 6.01 Å². The second-order valence-corrected chi connectivity index (χ2v) is 5.39. The second kappa shape index (κ2) is 9.72. The van der Waals surface area contributed by atoms with Crippen LogP contribution in [-0.2, 0) is 13.1 Å².